The lowest BCUT2D eigenvalue weighted by molar-refractivity contribution is 0.0697. The summed E-state index contributed by atoms with van der Waals surface area (Å²) >= 11 is 0. The van der Waals surface area contributed by atoms with Crippen molar-refractivity contribution >= 4 is 29.3 Å². The fraction of sp³-hybridized carbons (Fsp3) is 0. The SMILES string of the molecule is O=C(O)c1ccccc1/C=N/Nc1nc2ccccc2o1. The van der Waals surface area contributed by atoms with Crippen molar-refractivity contribution in [3.05, 3.63) is 59.7 Å². The van der Waals surface area contributed by atoms with E-state index in [-0.39, 0.29) is 11.6 Å². The molecule has 0 saturated carbocycles. The fourth-order valence-electron chi connectivity index (χ4n) is 1.88. The summed E-state index contributed by atoms with van der Waals surface area (Å²) in [6, 6.07) is 14.2. The monoisotopic (exact) mass is 281 g/mol. The Bertz CT molecular complexity index is 791. The lowest BCUT2D eigenvalue weighted by atomic mass is 10.1. The smallest absolute Gasteiger partial charge is 0.336 e. The van der Waals surface area contributed by atoms with Crippen molar-refractivity contribution in [3.63, 3.8) is 0 Å². The van der Waals surface area contributed by atoms with E-state index in [2.05, 4.69) is 15.5 Å². The van der Waals surface area contributed by atoms with Gasteiger partial charge in [0.05, 0.1) is 11.8 Å². The van der Waals surface area contributed by atoms with Crippen LogP contribution >= 0.6 is 0 Å². The summed E-state index contributed by atoms with van der Waals surface area (Å²) in [6.45, 7) is 0. The summed E-state index contributed by atoms with van der Waals surface area (Å²) in [4.78, 5) is 15.3. The van der Waals surface area contributed by atoms with Crippen LogP contribution in [0.5, 0.6) is 0 Å². The highest BCUT2D eigenvalue weighted by Crippen LogP contribution is 2.17. The van der Waals surface area contributed by atoms with Gasteiger partial charge in [0.1, 0.15) is 5.52 Å². The van der Waals surface area contributed by atoms with Crippen LogP contribution in [-0.2, 0) is 0 Å². The predicted molar refractivity (Wildman–Crippen MR) is 78.6 cm³/mol. The number of aromatic carboxylic acids is 1. The van der Waals surface area contributed by atoms with Gasteiger partial charge in [0.15, 0.2) is 5.58 Å². The van der Waals surface area contributed by atoms with Gasteiger partial charge in [-0.15, -0.1) is 0 Å². The van der Waals surface area contributed by atoms with E-state index in [9.17, 15) is 4.79 Å². The highest BCUT2D eigenvalue weighted by Gasteiger charge is 2.07. The standard InChI is InChI=1S/C15H11N3O3/c19-14(20)11-6-2-1-5-10(11)9-16-18-15-17-12-7-3-4-8-13(12)21-15/h1-9H,(H,17,18)(H,19,20)/b16-9+. The molecule has 0 unspecified atom stereocenters. The van der Waals surface area contributed by atoms with E-state index in [1.807, 2.05) is 18.2 Å². The maximum absolute atomic E-state index is 11.1. The van der Waals surface area contributed by atoms with Crippen LogP contribution in [0.1, 0.15) is 15.9 Å². The number of para-hydroxylation sites is 2. The molecule has 6 nitrogen and oxygen atoms in total. The molecule has 0 aliphatic heterocycles. The van der Waals surface area contributed by atoms with Crippen molar-refractivity contribution in [3.8, 4) is 0 Å². The number of carbonyl (C=O) groups is 1. The first-order valence-corrected chi connectivity index (χ1v) is 6.21. The van der Waals surface area contributed by atoms with E-state index >= 15 is 0 Å². The molecule has 0 amide bonds. The number of hydrogen-bond donors (Lipinski definition) is 2. The van der Waals surface area contributed by atoms with Crippen molar-refractivity contribution in [1.82, 2.24) is 4.98 Å². The van der Waals surface area contributed by atoms with Crippen molar-refractivity contribution in [1.29, 1.82) is 0 Å². The van der Waals surface area contributed by atoms with Crippen LogP contribution in [0.4, 0.5) is 6.01 Å². The average Bonchev–Trinajstić information content (AvgIpc) is 2.90. The first-order chi connectivity index (χ1) is 10.2. The van der Waals surface area contributed by atoms with Gasteiger partial charge in [-0.25, -0.2) is 10.2 Å². The molecule has 0 atom stereocenters. The van der Waals surface area contributed by atoms with Crippen molar-refractivity contribution < 1.29 is 14.3 Å². The highest BCUT2D eigenvalue weighted by atomic mass is 16.4. The van der Waals surface area contributed by atoms with Gasteiger partial charge in [0.2, 0.25) is 0 Å². The summed E-state index contributed by atoms with van der Waals surface area (Å²) in [5, 5.41) is 13.0. The summed E-state index contributed by atoms with van der Waals surface area (Å²) in [5.41, 5.74) is 4.70. The Hall–Kier alpha value is -3.15. The molecule has 104 valence electrons. The third-order valence-electron chi connectivity index (χ3n) is 2.85. The van der Waals surface area contributed by atoms with Crippen LogP contribution in [0.15, 0.2) is 58.0 Å². The zero-order valence-corrected chi connectivity index (χ0v) is 10.9. The number of aromatic nitrogens is 1. The van der Waals surface area contributed by atoms with Crippen molar-refractivity contribution in [2.45, 2.75) is 0 Å². The second-order valence-electron chi connectivity index (χ2n) is 4.25. The first kappa shape index (κ1) is 12.9. The second-order valence-corrected chi connectivity index (χ2v) is 4.25. The lowest BCUT2D eigenvalue weighted by Gasteiger charge is -1.99. The number of nitrogens with zero attached hydrogens (tertiary/aromatic N) is 2. The molecule has 0 spiro atoms. The van der Waals surface area contributed by atoms with Crippen LogP contribution in [0, 0.1) is 0 Å². The molecule has 3 rings (SSSR count). The number of rotatable bonds is 4. The predicted octanol–water partition coefficient (Wildman–Crippen LogP) is 2.97. The van der Waals surface area contributed by atoms with Gasteiger partial charge in [0.25, 0.3) is 0 Å². The lowest BCUT2D eigenvalue weighted by Crippen LogP contribution is -2.02. The van der Waals surface area contributed by atoms with E-state index in [1.165, 1.54) is 12.3 Å². The molecule has 0 fully saturated rings. The summed E-state index contributed by atoms with van der Waals surface area (Å²) < 4.78 is 5.43. The first-order valence-electron chi connectivity index (χ1n) is 6.21. The number of fused-ring (bicyclic) bond motifs is 1. The Balaban J connectivity index is 1.79. The molecule has 2 N–H and O–H groups in total. The van der Waals surface area contributed by atoms with E-state index in [1.54, 1.807) is 24.3 Å². The molecule has 2 aromatic carbocycles. The van der Waals surface area contributed by atoms with Gasteiger partial charge < -0.3 is 9.52 Å². The van der Waals surface area contributed by atoms with Crippen molar-refractivity contribution in [2.24, 2.45) is 5.10 Å². The van der Waals surface area contributed by atoms with Crippen molar-refractivity contribution in [2.75, 3.05) is 5.43 Å². The summed E-state index contributed by atoms with van der Waals surface area (Å²) in [6.07, 6.45) is 1.42. The Morgan fingerprint density at radius 3 is 2.76 bits per heavy atom. The molecule has 0 radical (unpaired) electrons. The number of carboxylic acids is 1. The third kappa shape index (κ3) is 2.74. The quantitative estimate of drug-likeness (QED) is 0.567. The molecule has 1 aromatic heterocycles. The Morgan fingerprint density at radius 1 is 1.19 bits per heavy atom. The average molecular weight is 281 g/mol. The number of carboxylic acid groups (broad SMARTS) is 1. The zero-order valence-electron chi connectivity index (χ0n) is 10.9. The van der Waals surface area contributed by atoms with Crippen LogP contribution in [0.2, 0.25) is 0 Å². The van der Waals surface area contributed by atoms with Crippen LogP contribution in [-0.4, -0.2) is 22.3 Å². The normalized spacial score (nSPS) is 11.0. The van der Waals surface area contributed by atoms with E-state index in [4.69, 9.17) is 9.52 Å². The van der Waals surface area contributed by atoms with Gasteiger partial charge in [-0.2, -0.15) is 10.1 Å². The molecular weight excluding hydrogens is 270 g/mol. The number of anilines is 1. The topological polar surface area (TPSA) is 87.7 Å². The molecule has 0 saturated heterocycles. The largest absolute Gasteiger partial charge is 0.478 e. The maximum atomic E-state index is 11.1. The number of benzene rings is 2. The van der Waals surface area contributed by atoms with Gasteiger partial charge >= 0.3 is 12.0 Å². The minimum Gasteiger partial charge on any atom is -0.478 e. The van der Waals surface area contributed by atoms with Gasteiger partial charge in [-0.05, 0) is 18.2 Å². The molecule has 21 heavy (non-hydrogen) atoms. The molecular formula is C15H11N3O3. The summed E-state index contributed by atoms with van der Waals surface area (Å²) in [7, 11) is 0. The third-order valence-corrected chi connectivity index (χ3v) is 2.85. The van der Waals surface area contributed by atoms with Crippen LogP contribution in [0.3, 0.4) is 0 Å². The van der Waals surface area contributed by atoms with Crippen LogP contribution in [0.25, 0.3) is 11.1 Å². The molecule has 6 heteroatoms. The molecule has 0 aliphatic rings. The number of oxazole rings is 1. The maximum Gasteiger partial charge on any atom is 0.336 e. The summed E-state index contributed by atoms with van der Waals surface area (Å²) in [5.74, 6) is -1.00. The van der Waals surface area contributed by atoms with Gasteiger partial charge in [0, 0.05) is 5.56 Å². The van der Waals surface area contributed by atoms with E-state index in [0.29, 0.717) is 11.1 Å². The molecule has 0 aliphatic carbocycles. The molecule has 1 heterocycles. The zero-order chi connectivity index (χ0) is 14.7. The van der Waals surface area contributed by atoms with Gasteiger partial charge in [-0.1, -0.05) is 30.3 Å². The minimum atomic E-state index is -1.00. The Morgan fingerprint density at radius 2 is 1.95 bits per heavy atom. The number of nitrogens with one attached hydrogen (secondary N) is 1. The Kier molecular flexibility index (Phi) is 3.34. The molecule has 0 bridgehead atoms. The van der Waals surface area contributed by atoms with Gasteiger partial charge in [-0.3, -0.25) is 0 Å². The minimum absolute atomic E-state index is 0.181. The second kappa shape index (κ2) is 5.46. The fourth-order valence-corrected chi connectivity index (χ4v) is 1.88. The number of hydrazone groups is 1. The highest BCUT2D eigenvalue weighted by molar-refractivity contribution is 5.98. The van der Waals surface area contributed by atoms with E-state index in [0.717, 1.165) is 5.52 Å². The van der Waals surface area contributed by atoms with Crippen LogP contribution < -0.4 is 5.43 Å². The van der Waals surface area contributed by atoms with E-state index < -0.39 is 5.97 Å². The number of hydrogen-bond acceptors (Lipinski definition) is 5. The Labute approximate surface area is 119 Å². The molecule has 3 aromatic rings.